The van der Waals surface area contributed by atoms with Gasteiger partial charge >= 0.3 is 5.97 Å². The van der Waals surface area contributed by atoms with Crippen molar-refractivity contribution in [2.24, 2.45) is 0 Å². The van der Waals surface area contributed by atoms with Crippen LogP contribution in [0.2, 0.25) is 0 Å². The SMILES string of the molecule is CCCCCCCCOC1(C(=O)[O-])C=CC(c2ccc(-c3ccccc3C(=O)OC(C)CCCCCC)cc2)C=C1. The summed E-state index contributed by atoms with van der Waals surface area (Å²) >= 11 is 0. The number of carboxylic acids is 1. The number of hydrogen-bond acceptors (Lipinski definition) is 5. The molecular formula is C36H47O5-. The van der Waals surface area contributed by atoms with Crippen molar-refractivity contribution in [2.75, 3.05) is 6.61 Å². The van der Waals surface area contributed by atoms with Crippen LogP contribution in [-0.2, 0) is 14.3 Å². The highest BCUT2D eigenvalue weighted by Gasteiger charge is 2.30. The van der Waals surface area contributed by atoms with Crippen LogP contribution < -0.4 is 5.11 Å². The zero-order valence-electron chi connectivity index (χ0n) is 25.1. The second-order valence-electron chi connectivity index (χ2n) is 11.2. The number of aliphatic carboxylic acids is 1. The summed E-state index contributed by atoms with van der Waals surface area (Å²) in [6, 6.07) is 15.5. The first-order chi connectivity index (χ1) is 19.9. The smallest absolute Gasteiger partial charge is 0.339 e. The number of rotatable bonds is 18. The van der Waals surface area contributed by atoms with Crippen molar-refractivity contribution in [3.05, 3.63) is 84.0 Å². The van der Waals surface area contributed by atoms with Gasteiger partial charge in [0.1, 0.15) is 5.60 Å². The number of ether oxygens (including phenoxy) is 2. The second kappa shape index (κ2) is 16.9. The van der Waals surface area contributed by atoms with Gasteiger partial charge in [-0.1, -0.05) is 120 Å². The molecule has 0 N–H and O–H groups in total. The van der Waals surface area contributed by atoms with E-state index in [0.717, 1.165) is 55.2 Å². The lowest BCUT2D eigenvalue weighted by Crippen LogP contribution is -2.48. The third kappa shape index (κ3) is 9.71. The fourth-order valence-corrected chi connectivity index (χ4v) is 5.21. The van der Waals surface area contributed by atoms with Gasteiger partial charge in [-0.15, -0.1) is 0 Å². The topological polar surface area (TPSA) is 75.7 Å². The van der Waals surface area contributed by atoms with E-state index < -0.39 is 11.6 Å². The van der Waals surface area contributed by atoms with E-state index >= 15 is 0 Å². The monoisotopic (exact) mass is 559 g/mol. The Balaban J connectivity index is 1.61. The first-order valence-corrected chi connectivity index (χ1v) is 15.5. The molecule has 0 aliphatic heterocycles. The molecule has 0 saturated carbocycles. The Labute approximate surface area is 246 Å². The summed E-state index contributed by atoms with van der Waals surface area (Å²) in [5, 5.41) is 12.0. The molecule has 222 valence electrons. The number of allylic oxidation sites excluding steroid dienone is 2. The molecule has 1 atom stereocenters. The van der Waals surface area contributed by atoms with Crippen LogP contribution in [0.15, 0.2) is 72.8 Å². The summed E-state index contributed by atoms with van der Waals surface area (Å²) in [6.45, 7) is 6.71. The van der Waals surface area contributed by atoms with E-state index in [-0.39, 0.29) is 18.0 Å². The molecule has 0 heterocycles. The van der Waals surface area contributed by atoms with Gasteiger partial charge in [-0.25, -0.2) is 4.79 Å². The van der Waals surface area contributed by atoms with Gasteiger partial charge in [-0.3, -0.25) is 0 Å². The Morgan fingerprint density at radius 3 is 2.10 bits per heavy atom. The van der Waals surface area contributed by atoms with Crippen molar-refractivity contribution in [1.29, 1.82) is 0 Å². The molecule has 0 fully saturated rings. The summed E-state index contributed by atoms with van der Waals surface area (Å²) in [7, 11) is 0. The number of hydrogen-bond donors (Lipinski definition) is 0. The van der Waals surface area contributed by atoms with Crippen molar-refractivity contribution in [3.63, 3.8) is 0 Å². The van der Waals surface area contributed by atoms with E-state index in [1.54, 1.807) is 12.2 Å². The maximum Gasteiger partial charge on any atom is 0.339 e. The minimum atomic E-state index is -1.52. The predicted octanol–water partition coefficient (Wildman–Crippen LogP) is 7.94. The van der Waals surface area contributed by atoms with E-state index in [1.165, 1.54) is 32.1 Å². The minimum absolute atomic E-state index is 0.0806. The third-order valence-electron chi connectivity index (χ3n) is 7.79. The Hall–Kier alpha value is -3.18. The van der Waals surface area contributed by atoms with E-state index in [2.05, 4.69) is 13.8 Å². The van der Waals surface area contributed by atoms with Crippen LogP contribution >= 0.6 is 0 Å². The highest BCUT2D eigenvalue weighted by Crippen LogP contribution is 2.31. The molecule has 1 aliphatic rings. The maximum atomic E-state index is 13.0. The molecule has 0 radical (unpaired) electrons. The molecule has 2 aromatic rings. The fourth-order valence-electron chi connectivity index (χ4n) is 5.21. The van der Waals surface area contributed by atoms with Crippen LogP contribution in [0.1, 0.15) is 113 Å². The number of carbonyl (C=O) groups excluding carboxylic acids is 2. The van der Waals surface area contributed by atoms with Gasteiger partial charge in [-0.2, -0.15) is 0 Å². The second-order valence-corrected chi connectivity index (χ2v) is 11.2. The van der Waals surface area contributed by atoms with Gasteiger partial charge < -0.3 is 19.4 Å². The maximum absolute atomic E-state index is 13.0. The van der Waals surface area contributed by atoms with E-state index in [4.69, 9.17) is 9.47 Å². The molecule has 3 rings (SSSR count). The zero-order valence-corrected chi connectivity index (χ0v) is 25.1. The Kier molecular flexibility index (Phi) is 13.4. The van der Waals surface area contributed by atoms with Crippen LogP contribution in [-0.4, -0.2) is 30.3 Å². The van der Waals surface area contributed by atoms with Crippen LogP contribution in [0.4, 0.5) is 0 Å². The first kappa shape index (κ1) is 32.3. The van der Waals surface area contributed by atoms with E-state index in [1.807, 2.05) is 67.6 Å². The van der Waals surface area contributed by atoms with Crippen molar-refractivity contribution in [3.8, 4) is 11.1 Å². The molecule has 2 aromatic carbocycles. The molecule has 0 aromatic heterocycles. The van der Waals surface area contributed by atoms with E-state index in [9.17, 15) is 14.7 Å². The van der Waals surface area contributed by atoms with Gasteiger partial charge in [-0.05, 0) is 61.1 Å². The quantitative estimate of drug-likeness (QED) is 0.105. The van der Waals surface area contributed by atoms with Gasteiger partial charge in [0.25, 0.3) is 0 Å². The molecule has 0 bridgehead atoms. The lowest BCUT2D eigenvalue weighted by atomic mass is 9.87. The Morgan fingerprint density at radius 1 is 0.829 bits per heavy atom. The van der Waals surface area contributed by atoms with Crippen molar-refractivity contribution < 1.29 is 24.2 Å². The molecule has 0 saturated heterocycles. The Bertz CT molecular complexity index is 1130. The summed E-state index contributed by atoms with van der Waals surface area (Å²) in [4.78, 5) is 25.0. The largest absolute Gasteiger partial charge is 0.546 e. The molecule has 0 amide bonds. The van der Waals surface area contributed by atoms with Crippen molar-refractivity contribution in [2.45, 2.75) is 109 Å². The predicted molar refractivity (Wildman–Crippen MR) is 164 cm³/mol. The third-order valence-corrected chi connectivity index (χ3v) is 7.79. The minimum Gasteiger partial charge on any atom is -0.546 e. The summed E-state index contributed by atoms with van der Waals surface area (Å²) < 4.78 is 11.6. The number of carboxylic acid groups (broad SMARTS) is 1. The van der Waals surface area contributed by atoms with Gasteiger partial charge in [0.2, 0.25) is 0 Å². The van der Waals surface area contributed by atoms with Crippen LogP contribution in [0.5, 0.6) is 0 Å². The van der Waals surface area contributed by atoms with Gasteiger partial charge in [0.15, 0.2) is 0 Å². The summed E-state index contributed by atoms with van der Waals surface area (Å²) in [5.74, 6) is -1.63. The highest BCUT2D eigenvalue weighted by atomic mass is 16.5. The molecule has 1 unspecified atom stereocenters. The van der Waals surface area contributed by atoms with Crippen LogP contribution in [0, 0.1) is 0 Å². The van der Waals surface area contributed by atoms with Gasteiger partial charge in [0.05, 0.1) is 17.6 Å². The number of esters is 1. The number of carbonyl (C=O) groups is 2. The zero-order chi connectivity index (χ0) is 29.5. The van der Waals surface area contributed by atoms with Crippen molar-refractivity contribution >= 4 is 11.9 Å². The highest BCUT2D eigenvalue weighted by molar-refractivity contribution is 5.97. The number of unbranched alkanes of at least 4 members (excludes halogenated alkanes) is 8. The lowest BCUT2D eigenvalue weighted by molar-refractivity contribution is -0.320. The summed E-state index contributed by atoms with van der Waals surface area (Å²) in [6.07, 6.45) is 18.9. The van der Waals surface area contributed by atoms with Gasteiger partial charge in [0, 0.05) is 12.5 Å². The molecular weight excluding hydrogens is 512 g/mol. The molecule has 41 heavy (non-hydrogen) atoms. The first-order valence-electron chi connectivity index (χ1n) is 15.5. The van der Waals surface area contributed by atoms with Crippen LogP contribution in [0.25, 0.3) is 11.1 Å². The van der Waals surface area contributed by atoms with Crippen LogP contribution in [0.3, 0.4) is 0 Å². The summed E-state index contributed by atoms with van der Waals surface area (Å²) in [5.41, 5.74) is 1.80. The van der Waals surface area contributed by atoms with Crippen molar-refractivity contribution in [1.82, 2.24) is 0 Å². The average Bonchev–Trinajstić information content (AvgIpc) is 2.99. The standard InChI is InChI=1S/C36H48O5/c1-4-6-8-10-11-15-27-40-36(35(38)39)25-23-30(24-26-36)29-19-21-31(22-20-29)32-17-13-14-18-33(32)34(37)41-28(3)16-12-9-7-5-2/h13-14,17-26,28,30H,4-12,15-16,27H2,1-3H3,(H,38,39)/p-1. The normalized spacial score (nSPS) is 18.8. The molecule has 5 heteroatoms. The lowest BCUT2D eigenvalue weighted by Gasteiger charge is -2.32. The Morgan fingerprint density at radius 2 is 1.44 bits per heavy atom. The number of benzene rings is 2. The average molecular weight is 560 g/mol. The van der Waals surface area contributed by atoms with E-state index in [0.29, 0.717) is 12.2 Å². The molecule has 5 nitrogen and oxygen atoms in total. The fraction of sp³-hybridized carbons (Fsp3) is 0.500. The molecule has 1 aliphatic carbocycles. The molecule has 0 spiro atoms.